The second-order valence-electron chi connectivity index (χ2n) is 9.13. The fourth-order valence-electron chi connectivity index (χ4n) is 3.37. The van der Waals surface area contributed by atoms with Crippen LogP contribution in [0.15, 0.2) is 11.6 Å². The predicted octanol–water partition coefficient (Wildman–Crippen LogP) is 5.66. The normalized spacial score (nSPS) is 15.5. The first kappa shape index (κ1) is 27.1. The molecule has 0 aliphatic rings. The molecule has 0 bridgehead atoms. The minimum Gasteiger partial charge on any atom is -0.463 e. The number of rotatable bonds is 17. The fraction of sp³-hybridized carbons (Fsp3) is 0.875. The van der Waals surface area contributed by atoms with Gasteiger partial charge >= 0.3 is 5.97 Å². The van der Waals surface area contributed by atoms with E-state index in [1.807, 2.05) is 6.08 Å². The van der Waals surface area contributed by atoms with Gasteiger partial charge in [-0.2, -0.15) is 0 Å². The van der Waals surface area contributed by atoms with Crippen LogP contribution in [0.25, 0.3) is 0 Å². The van der Waals surface area contributed by atoms with Gasteiger partial charge in [0.15, 0.2) is 0 Å². The van der Waals surface area contributed by atoms with Crippen molar-refractivity contribution in [3.8, 4) is 0 Å². The molecule has 166 valence electrons. The molecule has 0 saturated heterocycles. The smallest absolute Gasteiger partial charge is 0.309 e. The van der Waals surface area contributed by atoms with Crippen LogP contribution in [-0.2, 0) is 9.53 Å². The van der Waals surface area contributed by atoms with Crippen molar-refractivity contribution >= 4 is 5.97 Å². The standard InChI is InChI=1S/C24H46O4/c1-19(2)9-6-10-20(3)11-7-12-21(4)13-8-14-22(5)15-16-24(27)28-18-23(26)17-25/h15,19-21,23,25-26H,6-14,16-18H2,1-5H3/b22-15+. The van der Waals surface area contributed by atoms with Gasteiger partial charge in [-0.25, -0.2) is 0 Å². The van der Waals surface area contributed by atoms with Crippen molar-refractivity contribution in [2.45, 2.75) is 105 Å². The Hall–Kier alpha value is -0.870. The SMILES string of the molecule is C/C(=C\CC(=O)OCC(O)CO)CCCC(C)CCCC(C)CCCC(C)C. The molecule has 0 spiro atoms. The van der Waals surface area contributed by atoms with E-state index in [1.165, 1.54) is 50.5 Å². The van der Waals surface area contributed by atoms with Crippen molar-refractivity contribution in [2.24, 2.45) is 17.8 Å². The zero-order chi connectivity index (χ0) is 21.4. The number of ether oxygens (including phenoxy) is 1. The van der Waals surface area contributed by atoms with Crippen LogP contribution >= 0.6 is 0 Å². The van der Waals surface area contributed by atoms with Crippen molar-refractivity contribution in [3.63, 3.8) is 0 Å². The second kappa shape index (κ2) is 17.0. The molecule has 0 aromatic rings. The lowest BCUT2D eigenvalue weighted by Crippen LogP contribution is -2.21. The molecule has 0 aliphatic carbocycles. The first-order valence-corrected chi connectivity index (χ1v) is 11.3. The number of carbonyl (C=O) groups excluding carboxylic acids is 1. The highest BCUT2D eigenvalue weighted by Gasteiger charge is 2.08. The molecule has 28 heavy (non-hydrogen) atoms. The van der Waals surface area contributed by atoms with Crippen molar-refractivity contribution in [1.29, 1.82) is 0 Å². The maximum absolute atomic E-state index is 11.6. The number of aliphatic hydroxyl groups excluding tert-OH is 2. The number of hydrogen-bond donors (Lipinski definition) is 2. The summed E-state index contributed by atoms with van der Waals surface area (Å²) in [5.41, 5.74) is 1.21. The van der Waals surface area contributed by atoms with Gasteiger partial charge in [0.25, 0.3) is 0 Å². The van der Waals surface area contributed by atoms with Gasteiger partial charge in [-0.05, 0) is 37.5 Å². The maximum Gasteiger partial charge on any atom is 0.309 e. The van der Waals surface area contributed by atoms with Crippen LogP contribution in [0.1, 0.15) is 98.8 Å². The lowest BCUT2D eigenvalue weighted by molar-refractivity contribution is -0.146. The first-order chi connectivity index (χ1) is 13.2. The molecule has 0 heterocycles. The molecular formula is C24H46O4. The van der Waals surface area contributed by atoms with Gasteiger partial charge in [0.05, 0.1) is 13.0 Å². The van der Waals surface area contributed by atoms with Crippen molar-refractivity contribution in [3.05, 3.63) is 11.6 Å². The number of carbonyl (C=O) groups is 1. The van der Waals surface area contributed by atoms with E-state index in [0.29, 0.717) is 0 Å². The topological polar surface area (TPSA) is 66.8 Å². The quantitative estimate of drug-likeness (QED) is 0.245. The Morgan fingerprint density at radius 3 is 2.00 bits per heavy atom. The molecule has 0 aromatic carbocycles. The van der Waals surface area contributed by atoms with Crippen LogP contribution in [0.2, 0.25) is 0 Å². The molecule has 3 unspecified atom stereocenters. The Morgan fingerprint density at radius 2 is 1.46 bits per heavy atom. The third-order valence-corrected chi connectivity index (χ3v) is 5.40. The summed E-state index contributed by atoms with van der Waals surface area (Å²) in [7, 11) is 0. The maximum atomic E-state index is 11.6. The Labute approximate surface area is 173 Å². The molecule has 0 amide bonds. The summed E-state index contributed by atoms with van der Waals surface area (Å²) in [6, 6.07) is 0. The van der Waals surface area contributed by atoms with Crippen molar-refractivity contribution in [2.75, 3.05) is 13.2 Å². The van der Waals surface area contributed by atoms with Crippen LogP contribution in [0.3, 0.4) is 0 Å². The van der Waals surface area contributed by atoms with Gasteiger partial charge in [-0.3, -0.25) is 4.79 Å². The molecule has 4 heteroatoms. The summed E-state index contributed by atoms with van der Waals surface area (Å²) in [5.74, 6) is 2.09. The van der Waals surface area contributed by atoms with Crippen molar-refractivity contribution < 1.29 is 19.7 Å². The fourth-order valence-corrected chi connectivity index (χ4v) is 3.37. The number of hydrogen-bond acceptors (Lipinski definition) is 4. The van der Waals surface area contributed by atoms with Gasteiger partial charge in [-0.15, -0.1) is 0 Å². The van der Waals surface area contributed by atoms with E-state index in [4.69, 9.17) is 14.9 Å². The van der Waals surface area contributed by atoms with E-state index in [1.54, 1.807) is 0 Å². The van der Waals surface area contributed by atoms with Crippen LogP contribution in [0.5, 0.6) is 0 Å². The minimum absolute atomic E-state index is 0.143. The Bertz CT molecular complexity index is 417. The number of allylic oxidation sites excluding steroid dienone is 1. The van der Waals surface area contributed by atoms with Crippen LogP contribution < -0.4 is 0 Å². The summed E-state index contributed by atoms with van der Waals surface area (Å²) in [5, 5.41) is 17.8. The van der Waals surface area contributed by atoms with Crippen LogP contribution in [-0.4, -0.2) is 35.5 Å². The summed E-state index contributed by atoms with van der Waals surface area (Å²) >= 11 is 0. The third kappa shape index (κ3) is 17.2. The second-order valence-corrected chi connectivity index (χ2v) is 9.13. The monoisotopic (exact) mass is 398 g/mol. The Kier molecular flexibility index (Phi) is 16.5. The lowest BCUT2D eigenvalue weighted by Gasteiger charge is -2.15. The van der Waals surface area contributed by atoms with E-state index < -0.39 is 12.7 Å². The lowest BCUT2D eigenvalue weighted by atomic mass is 9.91. The molecule has 2 N–H and O–H groups in total. The van der Waals surface area contributed by atoms with Gasteiger partial charge in [0.2, 0.25) is 0 Å². The zero-order valence-corrected chi connectivity index (χ0v) is 19.1. The van der Waals surface area contributed by atoms with Crippen LogP contribution in [0.4, 0.5) is 0 Å². The summed E-state index contributed by atoms with van der Waals surface area (Å²) in [4.78, 5) is 11.6. The van der Waals surface area contributed by atoms with Gasteiger partial charge in [0, 0.05) is 0 Å². The third-order valence-electron chi connectivity index (χ3n) is 5.40. The largest absolute Gasteiger partial charge is 0.463 e. The average molecular weight is 399 g/mol. The number of aliphatic hydroxyl groups is 2. The van der Waals surface area contributed by atoms with E-state index in [0.717, 1.165) is 30.6 Å². The highest BCUT2D eigenvalue weighted by Crippen LogP contribution is 2.22. The highest BCUT2D eigenvalue weighted by molar-refractivity contribution is 5.71. The van der Waals surface area contributed by atoms with Gasteiger partial charge in [0.1, 0.15) is 12.7 Å². The molecule has 0 radical (unpaired) electrons. The molecule has 0 fully saturated rings. The van der Waals surface area contributed by atoms with E-state index in [-0.39, 0.29) is 19.0 Å². The summed E-state index contributed by atoms with van der Waals surface area (Å²) in [6.45, 7) is 10.9. The van der Waals surface area contributed by atoms with Crippen molar-refractivity contribution in [1.82, 2.24) is 0 Å². The summed E-state index contributed by atoms with van der Waals surface area (Å²) < 4.78 is 4.89. The van der Waals surface area contributed by atoms with E-state index in [2.05, 4.69) is 34.6 Å². The Balaban J connectivity index is 3.75. The van der Waals surface area contributed by atoms with Gasteiger partial charge < -0.3 is 14.9 Å². The molecule has 3 atom stereocenters. The highest BCUT2D eigenvalue weighted by atomic mass is 16.5. The molecular weight excluding hydrogens is 352 g/mol. The van der Waals surface area contributed by atoms with Crippen LogP contribution in [0, 0.1) is 17.8 Å². The zero-order valence-electron chi connectivity index (χ0n) is 19.1. The predicted molar refractivity (Wildman–Crippen MR) is 117 cm³/mol. The molecule has 0 saturated carbocycles. The summed E-state index contributed by atoms with van der Waals surface area (Å²) in [6.07, 6.45) is 12.7. The van der Waals surface area contributed by atoms with E-state index >= 15 is 0 Å². The molecule has 0 rings (SSSR count). The average Bonchev–Trinajstić information content (AvgIpc) is 2.64. The molecule has 0 aromatic heterocycles. The Morgan fingerprint density at radius 1 is 0.929 bits per heavy atom. The molecule has 0 aliphatic heterocycles. The number of esters is 1. The van der Waals surface area contributed by atoms with Gasteiger partial charge in [-0.1, -0.05) is 84.3 Å². The first-order valence-electron chi connectivity index (χ1n) is 11.3. The van der Waals surface area contributed by atoms with E-state index in [9.17, 15) is 4.79 Å². The minimum atomic E-state index is -0.987. The molecule has 4 nitrogen and oxygen atoms in total.